The average Bonchev–Trinajstić information content (AvgIpc) is 2.50. The molecule has 2 aromatic rings. The average molecular weight is 365 g/mol. The van der Waals surface area contributed by atoms with Crippen molar-refractivity contribution in [1.29, 1.82) is 0 Å². The molecule has 0 N–H and O–H groups in total. The highest BCUT2D eigenvalue weighted by atomic mass is 32.2. The van der Waals surface area contributed by atoms with Crippen LogP contribution >= 0.6 is 0 Å². The number of hydrogen-bond acceptors (Lipinski definition) is 4. The van der Waals surface area contributed by atoms with Crippen molar-refractivity contribution in [3.63, 3.8) is 0 Å². The van der Waals surface area contributed by atoms with Gasteiger partial charge in [-0.2, -0.15) is 0 Å². The van der Waals surface area contributed by atoms with Gasteiger partial charge in [-0.3, -0.25) is 4.84 Å². The zero-order chi connectivity index (χ0) is 19.0. The predicted molar refractivity (Wildman–Crippen MR) is 96.3 cm³/mol. The van der Waals surface area contributed by atoms with Crippen molar-refractivity contribution in [1.82, 2.24) is 0 Å². The Morgan fingerprint density at radius 3 is 1.92 bits per heavy atom. The highest BCUT2D eigenvalue weighted by molar-refractivity contribution is 7.85. The Morgan fingerprint density at radius 1 is 0.960 bits per heavy atom. The summed E-state index contributed by atoms with van der Waals surface area (Å²) in [4.78, 5) is 5.50. The molecule has 0 bridgehead atoms. The van der Waals surface area contributed by atoms with Gasteiger partial charge in [0.2, 0.25) is 11.4 Å². The highest BCUT2D eigenvalue weighted by Crippen LogP contribution is 2.08. The van der Waals surface area contributed by atoms with Crippen LogP contribution in [0.15, 0.2) is 41.3 Å². The summed E-state index contributed by atoms with van der Waals surface area (Å²) in [7, 11) is -4.27. The number of pyridine rings is 1. The van der Waals surface area contributed by atoms with Gasteiger partial charge in [-0.05, 0) is 38.0 Å². The van der Waals surface area contributed by atoms with Crippen LogP contribution in [0.5, 0.6) is 0 Å². The number of benzene rings is 1. The molecule has 0 saturated heterocycles. The summed E-state index contributed by atoms with van der Waals surface area (Å²) in [5, 5.41) is 0. The van der Waals surface area contributed by atoms with E-state index in [9.17, 15) is 13.0 Å². The maximum atomic E-state index is 10.4. The normalized spacial score (nSPS) is 10.8. The lowest BCUT2D eigenvalue weighted by Gasteiger charge is -2.05. The van der Waals surface area contributed by atoms with Crippen LogP contribution in [0.1, 0.15) is 42.3 Å². The molecule has 1 heterocycles. The molecule has 0 aliphatic carbocycles. The van der Waals surface area contributed by atoms with E-state index in [0.717, 1.165) is 18.6 Å². The predicted octanol–water partition coefficient (Wildman–Crippen LogP) is 3.03. The fourth-order valence-electron chi connectivity index (χ4n) is 2.30. The Bertz CT molecular complexity index is 761. The molecular formula is C19H27NO4S. The molecule has 6 heteroatoms. The molecule has 0 aliphatic rings. The Labute approximate surface area is 151 Å². The minimum Gasteiger partial charge on any atom is -0.744 e. The molecule has 0 radical (unpaired) electrons. The summed E-state index contributed by atoms with van der Waals surface area (Å²) >= 11 is 0. The van der Waals surface area contributed by atoms with Crippen LogP contribution in [0.25, 0.3) is 0 Å². The minimum absolute atomic E-state index is 0.178. The number of rotatable bonds is 5. The summed E-state index contributed by atoms with van der Waals surface area (Å²) in [5.41, 5.74) is 4.55. The Kier molecular flexibility index (Phi) is 8.06. The van der Waals surface area contributed by atoms with Gasteiger partial charge < -0.3 is 4.55 Å². The quantitative estimate of drug-likeness (QED) is 0.464. The number of aromatic nitrogens is 1. The maximum absolute atomic E-state index is 10.4. The van der Waals surface area contributed by atoms with Gasteiger partial charge in [-0.1, -0.05) is 31.0 Å². The monoisotopic (exact) mass is 365 g/mol. The number of unbranched alkanes of at least 4 members (excludes halogenated alkanes) is 1. The first-order valence-corrected chi connectivity index (χ1v) is 9.71. The minimum atomic E-state index is -4.27. The lowest BCUT2D eigenvalue weighted by Crippen LogP contribution is -2.48. The zero-order valence-electron chi connectivity index (χ0n) is 15.6. The topological polar surface area (TPSA) is 70.3 Å². The Balaban J connectivity index is 0.000000257. The van der Waals surface area contributed by atoms with Crippen molar-refractivity contribution in [3.05, 3.63) is 58.9 Å². The number of aryl methyl sites for hydroxylation is 4. The van der Waals surface area contributed by atoms with E-state index in [4.69, 9.17) is 4.84 Å². The first kappa shape index (κ1) is 21.1. The third-order valence-electron chi connectivity index (χ3n) is 3.54. The molecule has 1 aromatic heterocycles. The summed E-state index contributed by atoms with van der Waals surface area (Å²) in [6.07, 6.45) is 2.28. The molecule has 0 spiro atoms. The second kappa shape index (κ2) is 9.53. The van der Waals surface area contributed by atoms with Gasteiger partial charge in [0, 0.05) is 30.7 Å². The largest absolute Gasteiger partial charge is 0.744 e. The Hall–Kier alpha value is -1.92. The van der Waals surface area contributed by atoms with Crippen LogP contribution in [0.4, 0.5) is 0 Å². The van der Waals surface area contributed by atoms with Crippen LogP contribution in [0.3, 0.4) is 0 Å². The van der Waals surface area contributed by atoms with Gasteiger partial charge in [-0.15, -0.1) is 0 Å². The smallest absolute Gasteiger partial charge is 0.231 e. The molecule has 25 heavy (non-hydrogen) atoms. The third kappa shape index (κ3) is 7.23. The van der Waals surface area contributed by atoms with Crippen LogP contribution in [0, 0.1) is 27.7 Å². The van der Waals surface area contributed by atoms with Crippen molar-refractivity contribution in [2.45, 2.75) is 52.4 Å². The summed E-state index contributed by atoms with van der Waals surface area (Å²) < 4.78 is 33.1. The lowest BCUT2D eigenvalue weighted by atomic mass is 10.2. The van der Waals surface area contributed by atoms with Crippen LogP contribution < -0.4 is 9.57 Å². The van der Waals surface area contributed by atoms with Gasteiger partial charge in [0.15, 0.2) is 6.61 Å². The molecular weight excluding hydrogens is 338 g/mol. The van der Waals surface area contributed by atoms with E-state index in [2.05, 4.69) is 39.8 Å². The summed E-state index contributed by atoms with van der Waals surface area (Å²) in [6.45, 7) is 11.0. The van der Waals surface area contributed by atoms with Crippen molar-refractivity contribution < 1.29 is 22.5 Å². The second-order valence-corrected chi connectivity index (χ2v) is 7.44. The van der Waals surface area contributed by atoms with E-state index in [1.807, 2.05) is 11.7 Å². The van der Waals surface area contributed by atoms with Crippen molar-refractivity contribution in [2.24, 2.45) is 0 Å². The molecule has 0 aliphatic heterocycles. The van der Waals surface area contributed by atoms with E-state index in [1.165, 1.54) is 35.5 Å². The van der Waals surface area contributed by atoms with Crippen molar-refractivity contribution >= 4 is 10.1 Å². The molecule has 0 fully saturated rings. The van der Waals surface area contributed by atoms with E-state index >= 15 is 0 Å². The van der Waals surface area contributed by atoms with Crippen LogP contribution in [0.2, 0.25) is 0 Å². The first-order valence-electron chi connectivity index (χ1n) is 8.31. The molecule has 0 saturated carbocycles. The molecule has 5 nitrogen and oxygen atoms in total. The Morgan fingerprint density at radius 2 is 1.48 bits per heavy atom. The second-order valence-electron chi connectivity index (χ2n) is 6.06. The van der Waals surface area contributed by atoms with Crippen LogP contribution in [-0.4, -0.2) is 19.6 Å². The molecule has 0 amide bonds. The standard InChI is InChI=1S/C12H20NO.C7H8O3S/c1-5-6-7-14-13-11(3)8-10(2)9-12(13)4;1-6-2-4-7(5-3-6)11(8,9)10/h8-9H,5-7H2,1-4H3;2-5H,1H3,(H,8,9,10)/q+1;/p-1. The fraction of sp³-hybridized carbons (Fsp3) is 0.421. The first-order chi connectivity index (χ1) is 11.6. The van der Waals surface area contributed by atoms with Gasteiger partial charge in [-0.25, -0.2) is 8.42 Å². The van der Waals surface area contributed by atoms with Gasteiger partial charge in [0.05, 0.1) is 4.90 Å². The summed E-state index contributed by atoms with van der Waals surface area (Å²) in [5.74, 6) is 0. The van der Waals surface area contributed by atoms with E-state index < -0.39 is 10.1 Å². The molecule has 138 valence electrons. The van der Waals surface area contributed by atoms with Gasteiger partial charge >= 0.3 is 0 Å². The maximum Gasteiger partial charge on any atom is 0.231 e. The van der Waals surface area contributed by atoms with E-state index in [-0.39, 0.29) is 4.90 Å². The number of nitrogens with zero attached hydrogens (tertiary/aromatic N) is 1. The van der Waals surface area contributed by atoms with E-state index in [0.29, 0.717) is 0 Å². The zero-order valence-corrected chi connectivity index (χ0v) is 16.4. The fourth-order valence-corrected chi connectivity index (χ4v) is 2.77. The van der Waals surface area contributed by atoms with Crippen molar-refractivity contribution in [3.8, 4) is 0 Å². The lowest BCUT2D eigenvalue weighted by molar-refractivity contribution is -0.899. The summed E-state index contributed by atoms with van der Waals surface area (Å²) in [6, 6.07) is 10.1. The third-order valence-corrected chi connectivity index (χ3v) is 4.39. The van der Waals surface area contributed by atoms with E-state index in [1.54, 1.807) is 12.1 Å². The van der Waals surface area contributed by atoms with Gasteiger partial charge in [0.25, 0.3) is 0 Å². The SMILES string of the molecule is CCCCO[n+]1c(C)cc(C)cc1C.Cc1ccc(S(=O)(=O)[O-])cc1. The molecule has 0 atom stereocenters. The highest BCUT2D eigenvalue weighted by Gasteiger charge is 2.12. The van der Waals surface area contributed by atoms with Crippen LogP contribution in [-0.2, 0) is 10.1 Å². The van der Waals surface area contributed by atoms with Gasteiger partial charge in [0.1, 0.15) is 10.1 Å². The number of hydrogen-bond donors (Lipinski definition) is 0. The molecule has 1 aromatic carbocycles. The molecule has 0 unspecified atom stereocenters. The van der Waals surface area contributed by atoms with Crippen molar-refractivity contribution in [2.75, 3.05) is 6.61 Å². The molecule has 2 rings (SSSR count).